The maximum atomic E-state index is 11.8. The van der Waals surface area contributed by atoms with Crippen molar-refractivity contribution in [2.75, 3.05) is 11.5 Å². The van der Waals surface area contributed by atoms with Gasteiger partial charge in [-0.15, -0.1) is 11.3 Å². The molecule has 0 radical (unpaired) electrons. The summed E-state index contributed by atoms with van der Waals surface area (Å²) in [5.41, 5.74) is 2.85. The van der Waals surface area contributed by atoms with E-state index in [0.717, 1.165) is 25.2 Å². The fourth-order valence-corrected chi connectivity index (χ4v) is 6.16. The molecule has 1 aliphatic rings. The third-order valence-corrected chi connectivity index (χ3v) is 8.46. The van der Waals surface area contributed by atoms with E-state index in [1.165, 1.54) is 40.5 Å². The molecule has 1 aromatic carbocycles. The van der Waals surface area contributed by atoms with Crippen molar-refractivity contribution in [2.24, 2.45) is 11.8 Å². The predicted octanol–water partition coefficient (Wildman–Crippen LogP) is 5.38. The Morgan fingerprint density at radius 2 is 1.83 bits per heavy atom. The van der Waals surface area contributed by atoms with Gasteiger partial charge in [0.25, 0.3) is 0 Å². The Labute approximate surface area is 150 Å². The smallest absolute Gasteiger partial charge is 0.150 e. The number of thiophene rings is 1. The molecule has 0 atom stereocenters. The minimum absolute atomic E-state index is 0.289. The summed E-state index contributed by atoms with van der Waals surface area (Å²) in [4.78, 5) is 0. The molecule has 1 aromatic heterocycles. The Morgan fingerprint density at radius 3 is 2.54 bits per heavy atom. The first-order chi connectivity index (χ1) is 11.5. The van der Waals surface area contributed by atoms with E-state index in [4.69, 9.17) is 0 Å². The highest BCUT2D eigenvalue weighted by Crippen LogP contribution is 2.33. The molecule has 1 aliphatic carbocycles. The van der Waals surface area contributed by atoms with Crippen LogP contribution in [0.1, 0.15) is 50.2 Å². The van der Waals surface area contributed by atoms with Crippen molar-refractivity contribution in [2.45, 2.75) is 52.4 Å². The van der Waals surface area contributed by atoms with Gasteiger partial charge in [-0.25, -0.2) is 8.42 Å². The first kappa shape index (κ1) is 17.9. The van der Waals surface area contributed by atoms with E-state index in [-0.39, 0.29) is 5.75 Å². The van der Waals surface area contributed by atoms with Crippen molar-refractivity contribution in [3.05, 3.63) is 34.7 Å². The van der Waals surface area contributed by atoms with Crippen LogP contribution in [-0.2, 0) is 16.3 Å². The molecule has 3 rings (SSSR count). The van der Waals surface area contributed by atoms with Gasteiger partial charge in [0.1, 0.15) is 9.84 Å². The van der Waals surface area contributed by atoms with Crippen LogP contribution >= 0.6 is 11.3 Å². The summed E-state index contributed by atoms with van der Waals surface area (Å²) < 4.78 is 25.0. The number of rotatable bonds is 6. The molecule has 1 saturated carbocycles. The van der Waals surface area contributed by atoms with Gasteiger partial charge in [-0.2, -0.15) is 0 Å². The van der Waals surface area contributed by atoms with E-state index in [1.807, 2.05) is 11.3 Å². The lowest BCUT2D eigenvalue weighted by Gasteiger charge is -2.28. The van der Waals surface area contributed by atoms with Gasteiger partial charge < -0.3 is 0 Å². The second kappa shape index (κ2) is 7.57. The second-order valence-electron chi connectivity index (χ2n) is 7.38. The van der Waals surface area contributed by atoms with Crippen molar-refractivity contribution in [1.29, 1.82) is 0 Å². The van der Waals surface area contributed by atoms with Crippen molar-refractivity contribution < 1.29 is 8.42 Å². The Balaban J connectivity index is 1.51. The van der Waals surface area contributed by atoms with E-state index in [9.17, 15) is 8.42 Å². The third kappa shape index (κ3) is 4.40. The van der Waals surface area contributed by atoms with Crippen LogP contribution in [0, 0.1) is 18.8 Å². The zero-order chi connectivity index (χ0) is 17.2. The van der Waals surface area contributed by atoms with Crippen molar-refractivity contribution >= 4 is 31.3 Å². The topological polar surface area (TPSA) is 34.1 Å². The predicted molar refractivity (Wildman–Crippen MR) is 105 cm³/mol. The molecule has 0 bridgehead atoms. The summed E-state index contributed by atoms with van der Waals surface area (Å²) in [7, 11) is -2.81. The minimum atomic E-state index is -2.81. The van der Waals surface area contributed by atoms with Gasteiger partial charge in [-0.3, -0.25) is 0 Å². The molecule has 0 N–H and O–H groups in total. The number of fused-ring (bicyclic) bond motifs is 1. The quantitative estimate of drug-likeness (QED) is 0.689. The standard InChI is InChI=1S/C20H28O2S2/c1-3-24(21,22)14-17-7-4-16(5-8-17)6-9-18-12-15(2)20-19(13-18)10-11-23-20/h10-13,16-17H,3-9,14H2,1-2H3. The minimum Gasteiger partial charge on any atom is -0.229 e. The molecular formula is C20H28O2S2. The van der Waals surface area contributed by atoms with Crippen LogP contribution in [0.25, 0.3) is 10.1 Å². The number of benzene rings is 1. The van der Waals surface area contributed by atoms with E-state index in [2.05, 4.69) is 30.5 Å². The average Bonchev–Trinajstić information content (AvgIpc) is 3.03. The van der Waals surface area contributed by atoms with Crippen LogP contribution in [-0.4, -0.2) is 19.9 Å². The lowest BCUT2D eigenvalue weighted by molar-refractivity contribution is 0.279. The molecule has 0 amide bonds. The van der Waals surface area contributed by atoms with Crippen LogP contribution in [0.5, 0.6) is 0 Å². The molecule has 132 valence electrons. The molecule has 2 aromatic rings. The molecule has 1 heterocycles. The summed E-state index contributed by atoms with van der Waals surface area (Å²) in [6, 6.07) is 6.91. The zero-order valence-electron chi connectivity index (χ0n) is 14.8. The Bertz CT molecular complexity index is 781. The molecule has 4 heteroatoms. The Morgan fingerprint density at radius 1 is 1.12 bits per heavy atom. The van der Waals surface area contributed by atoms with E-state index in [0.29, 0.717) is 11.7 Å². The highest BCUT2D eigenvalue weighted by Gasteiger charge is 2.24. The van der Waals surface area contributed by atoms with Gasteiger partial charge in [0, 0.05) is 10.5 Å². The summed E-state index contributed by atoms with van der Waals surface area (Å²) in [5.74, 6) is 1.86. The number of hydrogen-bond acceptors (Lipinski definition) is 3. The summed E-state index contributed by atoms with van der Waals surface area (Å²) in [6.07, 6.45) is 6.96. The summed E-state index contributed by atoms with van der Waals surface area (Å²) in [6.45, 7) is 3.97. The highest BCUT2D eigenvalue weighted by molar-refractivity contribution is 7.91. The number of aryl methyl sites for hydroxylation is 2. The first-order valence-electron chi connectivity index (χ1n) is 9.14. The van der Waals surface area contributed by atoms with Crippen LogP contribution < -0.4 is 0 Å². The van der Waals surface area contributed by atoms with Crippen LogP contribution in [0.15, 0.2) is 23.6 Å². The van der Waals surface area contributed by atoms with Gasteiger partial charge in [-0.1, -0.05) is 31.9 Å². The van der Waals surface area contributed by atoms with E-state index >= 15 is 0 Å². The lowest BCUT2D eigenvalue weighted by Crippen LogP contribution is -2.23. The van der Waals surface area contributed by atoms with E-state index in [1.54, 1.807) is 6.92 Å². The maximum Gasteiger partial charge on any atom is 0.150 e. The van der Waals surface area contributed by atoms with Crippen molar-refractivity contribution in [1.82, 2.24) is 0 Å². The Hall–Kier alpha value is -0.870. The normalized spacial score (nSPS) is 22.1. The fourth-order valence-electron chi connectivity index (χ4n) is 4.02. The fraction of sp³-hybridized carbons (Fsp3) is 0.600. The van der Waals surface area contributed by atoms with Gasteiger partial charge >= 0.3 is 0 Å². The molecule has 0 saturated heterocycles. The molecular weight excluding hydrogens is 336 g/mol. The van der Waals surface area contributed by atoms with Gasteiger partial charge in [0.15, 0.2) is 0 Å². The van der Waals surface area contributed by atoms with Crippen molar-refractivity contribution in [3.63, 3.8) is 0 Å². The van der Waals surface area contributed by atoms with Crippen LogP contribution in [0.4, 0.5) is 0 Å². The van der Waals surface area contributed by atoms with E-state index < -0.39 is 9.84 Å². The monoisotopic (exact) mass is 364 g/mol. The average molecular weight is 365 g/mol. The number of hydrogen-bond donors (Lipinski definition) is 0. The molecule has 0 aliphatic heterocycles. The van der Waals surface area contributed by atoms with Crippen LogP contribution in [0.2, 0.25) is 0 Å². The molecule has 24 heavy (non-hydrogen) atoms. The number of sulfone groups is 1. The molecule has 2 nitrogen and oxygen atoms in total. The lowest BCUT2D eigenvalue weighted by atomic mass is 9.80. The van der Waals surface area contributed by atoms with Gasteiger partial charge in [-0.05, 0) is 72.4 Å². The Kier molecular flexibility index (Phi) is 5.66. The van der Waals surface area contributed by atoms with Crippen molar-refractivity contribution in [3.8, 4) is 0 Å². The van der Waals surface area contributed by atoms with Crippen LogP contribution in [0.3, 0.4) is 0 Å². The van der Waals surface area contributed by atoms with Gasteiger partial charge in [0.05, 0.1) is 5.75 Å². The van der Waals surface area contributed by atoms with Gasteiger partial charge in [0.2, 0.25) is 0 Å². The molecule has 0 unspecified atom stereocenters. The molecule has 1 fully saturated rings. The summed E-state index contributed by atoms with van der Waals surface area (Å²) >= 11 is 1.83. The largest absolute Gasteiger partial charge is 0.229 e. The SMILES string of the molecule is CCS(=O)(=O)CC1CCC(CCc2cc(C)c3sccc3c2)CC1. The highest BCUT2D eigenvalue weighted by atomic mass is 32.2. The zero-order valence-corrected chi connectivity index (χ0v) is 16.4. The first-order valence-corrected chi connectivity index (χ1v) is 11.8. The summed E-state index contributed by atoms with van der Waals surface area (Å²) in [5, 5.41) is 3.55. The molecule has 0 spiro atoms. The maximum absolute atomic E-state index is 11.8. The third-order valence-electron chi connectivity index (χ3n) is 5.53. The second-order valence-corrected chi connectivity index (χ2v) is 10.7.